The number of hydrogen-bond acceptors (Lipinski definition) is 5. The highest BCUT2D eigenvalue weighted by molar-refractivity contribution is 7.80. The molecule has 0 saturated heterocycles. The predicted octanol–water partition coefficient (Wildman–Crippen LogP) is 3.10. The van der Waals surface area contributed by atoms with Gasteiger partial charge in [-0.1, -0.05) is 18.2 Å². The molecule has 0 atom stereocenters. The Morgan fingerprint density at radius 1 is 1.20 bits per heavy atom. The molecule has 25 heavy (non-hydrogen) atoms. The van der Waals surface area contributed by atoms with Crippen LogP contribution in [0.1, 0.15) is 11.1 Å². The van der Waals surface area contributed by atoms with Crippen molar-refractivity contribution in [2.45, 2.75) is 13.8 Å². The van der Waals surface area contributed by atoms with Crippen molar-refractivity contribution >= 4 is 34.6 Å². The van der Waals surface area contributed by atoms with Crippen LogP contribution in [-0.2, 0) is 4.79 Å². The van der Waals surface area contributed by atoms with Gasteiger partial charge in [-0.15, -0.1) is 0 Å². The van der Waals surface area contributed by atoms with Gasteiger partial charge in [-0.3, -0.25) is 20.2 Å². The van der Waals surface area contributed by atoms with Gasteiger partial charge in [-0.05, 0) is 49.3 Å². The predicted molar refractivity (Wildman–Crippen MR) is 98.9 cm³/mol. The van der Waals surface area contributed by atoms with Gasteiger partial charge in [0.15, 0.2) is 11.7 Å². The lowest BCUT2D eigenvalue weighted by atomic mass is 10.2. The first-order chi connectivity index (χ1) is 11.9. The van der Waals surface area contributed by atoms with E-state index in [1.54, 1.807) is 13.0 Å². The fraction of sp³-hybridized carbons (Fsp3) is 0.176. The first kappa shape index (κ1) is 18.3. The standard InChI is InChI=1S/C17H17N3O4S/c1-11-5-3-4-6-15(11)24-10-16(21)19-17(25)18-14-8-7-13(20(22)23)9-12(14)2/h3-9H,10H2,1-2H3,(H2,18,19,21,25). The van der Waals surface area contributed by atoms with E-state index in [9.17, 15) is 14.9 Å². The molecule has 2 aromatic carbocycles. The molecule has 1 amide bonds. The molecule has 0 radical (unpaired) electrons. The van der Waals surface area contributed by atoms with Gasteiger partial charge in [0.2, 0.25) is 0 Å². The van der Waals surface area contributed by atoms with Crippen LogP contribution in [0.25, 0.3) is 0 Å². The van der Waals surface area contributed by atoms with Crippen LogP contribution in [0.5, 0.6) is 5.75 Å². The number of ether oxygens (including phenoxy) is 1. The van der Waals surface area contributed by atoms with Gasteiger partial charge in [-0.2, -0.15) is 0 Å². The molecule has 2 aromatic rings. The number of aryl methyl sites for hydroxylation is 2. The van der Waals surface area contributed by atoms with Crippen molar-refractivity contribution in [2.75, 3.05) is 11.9 Å². The largest absolute Gasteiger partial charge is 0.483 e. The first-order valence-corrected chi connectivity index (χ1v) is 7.82. The molecular weight excluding hydrogens is 342 g/mol. The number of nitrogens with zero attached hydrogens (tertiary/aromatic N) is 1. The number of anilines is 1. The summed E-state index contributed by atoms with van der Waals surface area (Å²) >= 11 is 5.08. The number of benzene rings is 2. The summed E-state index contributed by atoms with van der Waals surface area (Å²) < 4.78 is 5.44. The highest BCUT2D eigenvalue weighted by atomic mass is 32.1. The van der Waals surface area contributed by atoms with Crippen LogP contribution < -0.4 is 15.4 Å². The summed E-state index contributed by atoms with van der Waals surface area (Å²) in [5.74, 6) is 0.225. The second kappa shape index (κ2) is 8.20. The molecule has 130 valence electrons. The van der Waals surface area contributed by atoms with Crippen LogP contribution in [0.4, 0.5) is 11.4 Å². The third kappa shape index (κ3) is 5.25. The molecular formula is C17H17N3O4S. The molecule has 0 unspecified atom stereocenters. The number of carbonyl (C=O) groups is 1. The van der Waals surface area contributed by atoms with Crippen molar-refractivity contribution in [2.24, 2.45) is 0 Å². The Balaban J connectivity index is 1.88. The summed E-state index contributed by atoms with van der Waals surface area (Å²) in [6.07, 6.45) is 0. The Bertz CT molecular complexity index is 823. The van der Waals surface area contributed by atoms with Gasteiger partial charge in [0.05, 0.1) is 4.92 Å². The summed E-state index contributed by atoms with van der Waals surface area (Å²) in [6, 6.07) is 11.7. The highest BCUT2D eigenvalue weighted by Crippen LogP contribution is 2.21. The zero-order valence-electron chi connectivity index (χ0n) is 13.7. The molecule has 2 N–H and O–H groups in total. The number of carbonyl (C=O) groups excluding carboxylic acids is 1. The molecule has 7 nitrogen and oxygen atoms in total. The number of non-ortho nitro benzene ring substituents is 1. The third-order valence-corrected chi connectivity index (χ3v) is 3.58. The van der Waals surface area contributed by atoms with Crippen molar-refractivity contribution in [3.05, 3.63) is 63.7 Å². The van der Waals surface area contributed by atoms with Gasteiger partial charge < -0.3 is 10.1 Å². The summed E-state index contributed by atoms with van der Waals surface area (Å²) in [5, 5.41) is 16.2. The van der Waals surface area contributed by atoms with E-state index in [-0.39, 0.29) is 17.4 Å². The molecule has 0 aliphatic carbocycles. The van der Waals surface area contributed by atoms with E-state index in [0.29, 0.717) is 17.0 Å². The molecule has 0 saturated carbocycles. The Labute approximate surface area is 150 Å². The Kier molecular flexibility index (Phi) is 6.02. The lowest BCUT2D eigenvalue weighted by Gasteiger charge is -2.12. The van der Waals surface area contributed by atoms with Crippen LogP contribution in [0.2, 0.25) is 0 Å². The summed E-state index contributed by atoms with van der Waals surface area (Å²) in [5.41, 5.74) is 2.14. The first-order valence-electron chi connectivity index (χ1n) is 7.41. The topological polar surface area (TPSA) is 93.5 Å². The van der Waals surface area contributed by atoms with Gasteiger partial charge in [-0.25, -0.2) is 0 Å². The molecule has 0 heterocycles. The minimum atomic E-state index is -0.472. The SMILES string of the molecule is Cc1cc([N+](=O)[O-])ccc1NC(=S)NC(=O)COc1ccccc1C. The quantitative estimate of drug-likeness (QED) is 0.484. The van der Waals surface area contributed by atoms with Crippen LogP contribution >= 0.6 is 12.2 Å². The highest BCUT2D eigenvalue weighted by Gasteiger charge is 2.11. The van der Waals surface area contributed by atoms with Crippen molar-refractivity contribution in [1.82, 2.24) is 5.32 Å². The zero-order valence-corrected chi connectivity index (χ0v) is 14.6. The Morgan fingerprint density at radius 3 is 2.56 bits per heavy atom. The number of para-hydroxylation sites is 1. The van der Waals surface area contributed by atoms with Crippen LogP contribution in [0, 0.1) is 24.0 Å². The normalized spacial score (nSPS) is 10.0. The van der Waals surface area contributed by atoms with Crippen molar-refractivity contribution < 1.29 is 14.5 Å². The third-order valence-electron chi connectivity index (χ3n) is 3.37. The molecule has 0 aromatic heterocycles. The van der Waals surface area contributed by atoms with Crippen molar-refractivity contribution in [3.8, 4) is 5.75 Å². The van der Waals surface area contributed by atoms with Gasteiger partial charge in [0.25, 0.3) is 11.6 Å². The second-order valence-corrected chi connectivity index (χ2v) is 5.72. The second-order valence-electron chi connectivity index (χ2n) is 5.31. The number of thiocarbonyl (C=S) groups is 1. The van der Waals surface area contributed by atoms with Crippen molar-refractivity contribution in [1.29, 1.82) is 0 Å². The van der Waals surface area contributed by atoms with Crippen LogP contribution in [0.15, 0.2) is 42.5 Å². The molecule has 0 bridgehead atoms. The van der Waals surface area contributed by atoms with E-state index in [4.69, 9.17) is 17.0 Å². The molecule has 0 aliphatic heterocycles. The summed E-state index contributed by atoms with van der Waals surface area (Å²) in [7, 11) is 0. The average Bonchev–Trinajstić information content (AvgIpc) is 2.55. The number of nitro groups is 1. The maximum atomic E-state index is 11.9. The van der Waals surface area contributed by atoms with E-state index in [1.165, 1.54) is 18.2 Å². The molecule has 8 heteroatoms. The van der Waals surface area contributed by atoms with E-state index in [2.05, 4.69) is 10.6 Å². The fourth-order valence-electron chi connectivity index (χ4n) is 2.08. The van der Waals surface area contributed by atoms with Gasteiger partial charge in [0, 0.05) is 17.8 Å². The van der Waals surface area contributed by atoms with Crippen molar-refractivity contribution in [3.63, 3.8) is 0 Å². The van der Waals surface area contributed by atoms with E-state index < -0.39 is 10.8 Å². The maximum absolute atomic E-state index is 11.9. The van der Waals surface area contributed by atoms with Crippen LogP contribution in [-0.4, -0.2) is 22.5 Å². The summed E-state index contributed by atoms with van der Waals surface area (Å²) in [4.78, 5) is 22.2. The zero-order chi connectivity index (χ0) is 18.4. The number of amides is 1. The number of nitro benzene ring substituents is 1. The van der Waals surface area contributed by atoms with E-state index in [1.807, 2.05) is 25.1 Å². The minimum absolute atomic E-state index is 0.00960. The lowest BCUT2D eigenvalue weighted by Crippen LogP contribution is -2.37. The Hall–Kier alpha value is -3.00. The number of rotatable bonds is 5. The smallest absolute Gasteiger partial charge is 0.269 e. The average molecular weight is 359 g/mol. The monoisotopic (exact) mass is 359 g/mol. The fourth-order valence-corrected chi connectivity index (χ4v) is 2.30. The Morgan fingerprint density at radius 2 is 1.92 bits per heavy atom. The number of hydrogen-bond donors (Lipinski definition) is 2. The van der Waals surface area contributed by atoms with E-state index in [0.717, 1.165) is 5.56 Å². The summed E-state index contributed by atoms with van der Waals surface area (Å²) in [6.45, 7) is 3.42. The molecule has 0 aliphatic rings. The molecule has 0 fully saturated rings. The van der Waals surface area contributed by atoms with Gasteiger partial charge in [0.1, 0.15) is 5.75 Å². The van der Waals surface area contributed by atoms with Crippen LogP contribution in [0.3, 0.4) is 0 Å². The van der Waals surface area contributed by atoms with E-state index >= 15 is 0 Å². The maximum Gasteiger partial charge on any atom is 0.269 e. The van der Waals surface area contributed by atoms with Gasteiger partial charge >= 0.3 is 0 Å². The number of nitrogens with one attached hydrogen (secondary N) is 2. The lowest BCUT2D eigenvalue weighted by molar-refractivity contribution is -0.384. The molecule has 2 rings (SSSR count). The minimum Gasteiger partial charge on any atom is -0.483 e. The molecule has 0 spiro atoms.